The smallest absolute Gasteiger partial charge is 0.256 e. The van der Waals surface area contributed by atoms with Gasteiger partial charge < -0.3 is 15.5 Å². The van der Waals surface area contributed by atoms with Crippen LogP contribution >= 0.6 is 0 Å². The van der Waals surface area contributed by atoms with E-state index < -0.39 is 0 Å². The molecule has 1 fully saturated rings. The number of piperidine rings is 1. The van der Waals surface area contributed by atoms with Crippen LogP contribution in [-0.4, -0.2) is 42.0 Å². The van der Waals surface area contributed by atoms with Gasteiger partial charge in [-0.15, -0.1) is 0 Å². The van der Waals surface area contributed by atoms with Crippen LogP contribution in [0.2, 0.25) is 0 Å². The Hall–Kier alpha value is -2.91. The average Bonchev–Trinajstić information content (AvgIpc) is 2.64. The lowest BCUT2D eigenvalue weighted by atomic mass is 10.1. The van der Waals surface area contributed by atoms with Crippen molar-refractivity contribution in [2.75, 3.05) is 30.8 Å². The van der Waals surface area contributed by atoms with E-state index in [2.05, 4.69) is 27.6 Å². The van der Waals surface area contributed by atoms with Crippen molar-refractivity contribution in [2.45, 2.75) is 18.9 Å². The van der Waals surface area contributed by atoms with E-state index in [-0.39, 0.29) is 5.91 Å². The summed E-state index contributed by atoms with van der Waals surface area (Å²) >= 11 is 0. The number of benzene rings is 1. The molecule has 6 heteroatoms. The Labute approximate surface area is 147 Å². The van der Waals surface area contributed by atoms with E-state index in [4.69, 9.17) is 5.26 Å². The Balaban J connectivity index is 1.62. The number of hydrogen-bond donors (Lipinski definition) is 2. The van der Waals surface area contributed by atoms with Gasteiger partial charge in [0.15, 0.2) is 0 Å². The van der Waals surface area contributed by atoms with Crippen LogP contribution in [0.25, 0.3) is 0 Å². The molecule has 6 nitrogen and oxygen atoms in total. The second-order valence-electron chi connectivity index (χ2n) is 6.27. The van der Waals surface area contributed by atoms with E-state index in [1.807, 2.05) is 18.2 Å². The molecule has 2 aromatic rings. The minimum Gasteiger partial charge on any atom is -0.367 e. The van der Waals surface area contributed by atoms with Gasteiger partial charge in [0.1, 0.15) is 11.6 Å². The molecular weight excluding hydrogens is 314 g/mol. The zero-order valence-corrected chi connectivity index (χ0v) is 14.2. The number of carbonyl (C=O) groups is 1. The normalized spacial score (nSPS) is 15.4. The van der Waals surface area contributed by atoms with Gasteiger partial charge in [0.2, 0.25) is 0 Å². The van der Waals surface area contributed by atoms with Gasteiger partial charge in [-0.3, -0.25) is 4.79 Å². The monoisotopic (exact) mass is 335 g/mol. The first kappa shape index (κ1) is 16.9. The predicted molar refractivity (Wildman–Crippen MR) is 97.5 cm³/mol. The van der Waals surface area contributed by atoms with Gasteiger partial charge in [0.25, 0.3) is 5.91 Å². The molecule has 1 aromatic heterocycles. The third kappa shape index (κ3) is 4.55. The largest absolute Gasteiger partial charge is 0.367 e. The van der Waals surface area contributed by atoms with Crippen LogP contribution in [0.15, 0.2) is 42.5 Å². The number of nitriles is 1. The summed E-state index contributed by atoms with van der Waals surface area (Å²) in [7, 11) is 2.13. The number of nitrogens with one attached hydrogen (secondary N) is 2. The molecule has 1 amide bonds. The number of hydrogen-bond acceptors (Lipinski definition) is 5. The summed E-state index contributed by atoms with van der Waals surface area (Å²) < 4.78 is 0. The zero-order chi connectivity index (χ0) is 17.6. The molecule has 128 valence electrons. The van der Waals surface area contributed by atoms with Crippen molar-refractivity contribution in [3.8, 4) is 6.07 Å². The van der Waals surface area contributed by atoms with Gasteiger partial charge in [0.05, 0.1) is 11.6 Å². The van der Waals surface area contributed by atoms with Crippen LogP contribution in [0.5, 0.6) is 0 Å². The van der Waals surface area contributed by atoms with Gasteiger partial charge >= 0.3 is 0 Å². The highest BCUT2D eigenvalue weighted by molar-refractivity contribution is 6.03. The summed E-state index contributed by atoms with van der Waals surface area (Å²) in [6.07, 6.45) is 2.17. The lowest BCUT2D eigenvalue weighted by Crippen LogP contribution is -2.36. The Bertz CT molecular complexity index is 773. The van der Waals surface area contributed by atoms with Gasteiger partial charge in [-0.1, -0.05) is 6.07 Å². The number of aromatic nitrogens is 1. The summed E-state index contributed by atoms with van der Waals surface area (Å²) in [6, 6.07) is 14.5. The van der Waals surface area contributed by atoms with Crippen LogP contribution in [0, 0.1) is 11.3 Å². The zero-order valence-electron chi connectivity index (χ0n) is 14.2. The SMILES string of the molecule is CN1CCC(Nc2cccc(NC(=O)c3ccc(C#N)cc3)n2)CC1. The third-order valence-electron chi connectivity index (χ3n) is 4.34. The summed E-state index contributed by atoms with van der Waals surface area (Å²) in [5, 5.41) is 15.1. The first-order chi connectivity index (χ1) is 12.1. The minimum atomic E-state index is -0.242. The molecule has 0 unspecified atom stereocenters. The van der Waals surface area contributed by atoms with E-state index in [1.54, 1.807) is 30.3 Å². The number of carbonyl (C=O) groups excluding carboxylic acids is 1. The van der Waals surface area contributed by atoms with Crippen molar-refractivity contribution in [2.24, 2.45) is 0 Å². The summed E-state index contributed by atoms with van der Waals surface area (Å²) in [5.41, 5.74) is 1.02. The topological polar surface area (TPSA) is 81.0 Å². The third-order valence-corrected chi connectivity index (χ3v) is 4.34. The van der Waals surface area contributed by atoms with E-state index >= 15 is 0 Å². The second-order valence-corrected chi connectivity index (χ2v) is 6.27. The van der Waals surface area contributed by atoms with Gasteiger partial charge in [-0.2, -0.15) is 5.26 Å². The summed E-state index contributed by atoms with van der Waals surface area (Å²) in [5.74, 6) is 1.04. The highest BCUT2D eigenvalue weighted by Gasteiger charge is 2.16. The number of pyridine rings is 1. The maximum absolute atomic E-state index is 12.3. The van der Waals surface area contributed by atoms with Crippen molar-refractivity contribution in [1.82, 2.24) is 9.88 Å². The molecule has 0 atom stereocenters. The van der Waals surface area contributed by atoms with Gasteiger partial charge in [0, 0.05) is 11.6 Å². The molecule has 1 saturated heterocycles. The predicted octanol–water partition coefficient (Wildman–Crippen LogP) is 2.71. The first-order valence-corrected chi connectivity index (χ1v) is 8.38. The van der Waals surface area contributed by atoms with Gasteiger partial charge in [-0.25, -0.2) is 4.98 Å². The van der Waals surface area contributed by atoms with Crippen molar-refractivity contribution in [3.63, 3.8) is 0 Å². The summed E-state index contributed by atoms with van der Waals surface area (Å²) in [4.78, 5) is 19.1. The maximum Gasteiger partial charge on any atom is 0.256 e. The van der Waals surface area contributed by atoms with Crippen LogP contribution in [0.1, 0.15) is 28.8 Å². The molecule has 1 aliphatic heterocycles. The van der Waals surface area contributed by atoms with Gasteiger partial charge in [-0.05, 0) is 69.4 Å². The lowest BCUT2D eigenvalue weighted by molar-refractivity contribution is 0.102. The Morgan fingerprint density at radius 2 is 1.84 bits per heavy atom. The van der Waals surface area contributed by atoms with Crippen LogP contribution in [0.4, 0.5) is 11.6 Å². The standard InChI is InChI=1S/C19H21N5O/c1-24-11-9-16(10-12-24)21-17-3-2-4-18(22-17)23-19(25)15-7-5-14(13-20)6-8-15/h2-8,16H,9-12H2,1H3,(H2,21,22,23,25). The van der Waals surface area contributed by atoms with Crippen LogP contribution < -0.4 is 10.6 Å². The molecule has 3 rings (SSSR count). The average molecular weight is 335 g/mol. The Morgan fingerprint density at radius 1 is 1.16 bits per heavy atom. The van der Waals surface area contributed by atoms with E-state index in [9.17, 15) is 4.79 Å². The number of anilines is 2. The van der Waals surface area contributed by atoms with Crippen molar-refractivity contribution in [1.29, 1.82) is 5.26 Å². The molecular formula is C19H21N5O. The molecule has 0 spiro atoms. The van der Waals surface area contributed by atoms with Crippen LogP contribution in [0.3, 0.4) is 0 Å². The number of rotatable bonds is 4. The highest BCUT2D eigenvalue weighted by Crippen LogP contribution is 2.16. The molecule has 2 N–H and O–H groups in total. The highest BCUT2D eigenvalue weighted by atomic mass is 16.1. The molecule has 25 heavy (non-hydrogen) atoms. The Morgan fingerprint density at radius 3 is 2.52 bits per heavy atom. The molecule has 0 bridgehead atoms. The number of likely N-dealkylation sites (tertiary alicyclic amines) is 1. The first-order valence-electron chi connectivity index (χ1n) is 8.38. The quantitative estimate of drug-likeness (QED) is 0.898. The fourth-order valence-electron chi connectivity index (χ4n) is 2.83. The molecule has 2 heterocycles. The van der Waals surface area contributed by atoms with Crippen molar-refractivity contribution < 1.29 is 4.79 Å². The number of nitrogens with zero attached hydrogens (tertiary/aromatic N) is 3. The van der Waals surface area contributed by atoms with E-state index in [0.29, 0.717) is 23.0 Å². The maximum atomic E-state index is 12.3. The van der Waals surface area contributed by atoms with E-state index in [0.717, 1.165) is 31.7 Å². The van der Waals surface area contributed by atoms with Crippen molar-refractivity contribution in [3.05, 3.63) is 53.6 Å². The lowest BCUT2D eigenvalue weighted by Gasteiger charge is -2.29. The molecule has 0 saturated carbocycles. The van der Waals surface area contributed by atoms with Crippen molar-refractivity contribution >= 4 is 17.5 Å². The fraction of sp³-hybridized carbons (Fsp3) is 0.316. The number of amides is 1. The molecule has 0 aliphatic carbocycles. The fourth-order valence-corrected chi connectivity index (χ4v) is 2.83. The molecule has 1 aliphatic rings. The second kappa shape index (κ2) is 7.77. The summed E-state index contributed by atoms with van der Waals surface area (Å²) in [6.45, 7) is 2.15. The van der Waals surface area contributed by atoms with Crippen LogP contribution in [-0.2, 0) is 0 Å². The van der Waals surface area contributed by atoms with E-state index in [1.165, 1.54) is 0 Å². The Kier molecular flexibility index (Phi) is 5.26. The molecule has 0 radical (unpaired) electrons. The molecule has 1 aromatic carbocycles. The minimum absolute atomic E-state index is 0.242.